The Morgan fingerprint density at radius 3 is 2.08 bits per heavy atom. The minimum Gasteiger partial charge on any atom is -0.0964 e. The lowest BCUT2D eigenvalue weighted by Crippen LogP contribution is -2.02. The molecule has 0 unspecified atom stereocenters. The Morgan fingerprint density at radius 2 is 1.75 bits per heavy atom. The third-order valence-electron chi connectivity index (χ3n) is 1.58. The Hall–Kier alpha value is -0.715. The molecule has 64 valence electrons. The number of hydrogen-bond acceptors (Lipinski definition) is 0. The van der Waals surface area contributed by atoms with Gasteiger partial charge in [0.05, 0.1) is 0 Å². The first kappa shape index (κ1) is 11.3. The molecule has 0 heterocycles. The molecule has 0 aliphatic heterocycles. The van der Waals surface area contributed by atoms with Gasteiger partial charge in [-0.15, -0.1) is 0 Å². The van der Waals surface area contributed by atoms with Crippen molar-refractivity contribution < 1.29 is 0 Å². The van der Waals surface area contributed by atoms with Crippen LogP contribution in [0.3, 0.4) is 0 Å². The minimum absolute atomic E-state index is 0.573. The Bertz CT molecular complexity index is 216. The second-order valence-electron chi connectivity index (χ2n) is 2.82. The van der Waals surface area contributed by atoms with Crippen LogP contribution in [-0.4, -0.2) is 7.85 Å². The van der Waals surface area contributed by atoms with Crippen molar-refractivity contribution in [2.45, 2.75) is 33.6 Å². The predicted octanol–water partition coefficient (Wildman–Crippen LogP) is 2.63. The number of benzene rings is 1. The molecule has 0 N–H and O–H groups in total. The van der Waals surface area contributed by atoms with Crippen molar-refractivity contribution in [2.75, 3.05) is 0 Å². The molecule has 1 heteroatoms. The Labute approximate surface area is 77.4 Å². The maximum atomic E-state index is 5.60. The normalized spacial score (nSPS) is 9.08. The average Bonchev–Trinajstić information content (AvgIpc) is 2.08. The van der Waals surface area contributed by atoms with Gasteiger partial charge in [0.1, 0.15) is 7.85 Å². The molecule has 0 atom stereocenters. The maximum absolute atomic E-state index is 5.60. The molecule has 0 saturated carbocycles. The van der Waals surface area contributed by atoms with E-state index in [-0.39, 0.29) is 0 Å². The van der Waals surface area contributed by atoms with Gasteiger partial charge in [-0.05, 0) is 11.5 Å². The van der Waals surface area contributed by atoms with Crippen LogP contribution in [0.1, 0.15) is 39.2 Å². The molecular weight excluding hydrogens is 143 g/mol. The molecule has 0 aliphatic rings. The summed E-state index contributed by atoms with van der Waals surface area (Å²) in [6, 6.07) is 8.02. The predicted molar refractivity (Wildman–Crippen MR) is 57.3 cm³/mol. The topological polar surface area (TPSA) is 0 Å². The first-order valence-corrected chi connectivity index (χ1v) is 4.55. The van der Waals surface area contributed by atoms with E-state index in [4.69, 9.17) is 7.85 Å². The highest BCUT2D eigenvalue weighted by molar-refractivity contribution is 6.32. The van der Waals surface area contributed by atoms with Crippen molar-refractivity contribution in [1.82, 2.24) is 0 Å². The van der Waals surface area contributed by atoms with Crippen molar-refractivity contribution in [3.8, 4) is 0 Å². The van der Waals surface area contributed by atoms with Crippen LogP contribution in [0.5, 0.6) is 0 Å². The highest BCUT2D eigenvalue weighted by Crippen LogP contribution is 2.10. The molecule has 0 aliphatic carbocycles. The van der Waals surface area contributed by atoms with Gasteiger partial charge < -0.3 is 0 Å². The van der Waals surface area contributed by atoms with Crippen LogP contribution >= 0.6 is 0 Å². The second-order valence-corrected chi connectivity index (χ2v) is 2.82. The zero-order chi connectivity index (χ0) is 9.56. The molecule has 12 heavy (non-hydrogen) atoms. The molecule has 0 fully saturated rings. The summed E-state index contributed by atoms with van der Waals surface area (Å²) in [5.74, 6) is 0.573. The Morgan fingerprint density at radius 1 is 1.17 bits per heavy atom. The smallest absolute Gasteiger partial charge is 0.0964 e. The van der Waals surface area contributed by atoms with Crippen LogP contribution in [0.15, 0.2) is 24.3 Å². The minimum atomic E-state index is 0.573. The van der Waals surface area contributed by atoms with E-state index in [1.165, 1.54) is 5.56 Å². The highest BCUT2D eigenvalue weighted by atomic mass is 14.0. The summed E-state index contributed by atoms with van der Waals surface area (Å²) < 4.78 is 0. The summed E-state index contributed by atoms with van der Waals surface area (Å²) in [6.07, 6.45) is 0. The van der Waals surface area contributed by atoms with Crippen LogP contribution in [-0.2, 0) is 0 Å². The molecule has 0 nitrogen and oxygen atoms in total. The molecular formula is C11H17B. The van der Waals surface area contributed by atoms with E-state index >= 15 is 0 Å². The van der Waals surface area contributed by atoms with E-state index < -0.39 is 0 Å². The van der Waals surface area contributed by atoms with Crippen LogP contribution in [0.25, 0.3) is 0 Å². The number of hydrogen-bond donors (Lipinski definition) is 0. The van der Waals surface area contributed by atoms with E-state index in [9.17, 15) is 0 Å². The Kier molecular flexibility index (Phi) is 5.52. The molecule has 2 radical (unpaired) electrons. The van der Waals surface area contributed by atoms with Crippen LogP contribution in [0, 0.1) is 0 Å². The van der Waals surface area contributed by atoms with Gasteiger partial charge in [-0.3, -0.25) is 0 Å². The summed E-state index contributed by atoms with van der Waals surface area (Å²) in [5.41, 5.74) is 2.16. The van der Waals surface area contributed by atoms with Gasteiger partial charge in [0.2, 0.25) is 0 Å². The third kappa shape index (κ3) is 3.61. The zero-order valence-corrected chi connectivity index (χ0v) is 8.46. The van der Waals surface area contributed by atoms with Crippen molar-refractivity contribution >= 4 is 13.3 Å². The average molecular weight is 160 g/mol. The lowest BCUT2D eigenvalue weighted by Gasteiger charge is -2.04. The third-order valence-corrected chi connectivity index (χ3v) is 1.58. The second kappa shape index (κ2) is 5.88. The summed E-state index contributed by atoms with van der Waals surface area (Å²) in [7, 11) is 5.60. The molecule has 1 aromatic rings. The van der Waals surface area contributed by atoms with E-state index in [1.54, 1.807) is 0 Å². The van der Waals surface area contributed by atoms with Crippen molar-refractivity contribution in [3.05, 3.63) is 29.8 Å². The first-order valence-electron chi connectivity index (χ1n) is 4.55. The monoisotopic (exact) mass is 160 g/mol. The molecule has 0 bridgehead atoms. The van der Waals surface area contributed by atoms with Crippen molar-refractivity contribution in [3.63, 3.8) is 0 Å². The fraction of sp³-hybridized carbons (Fsp3) is 0.455. The van der Waals surface area contributed by atoms with Gasteiger partial charge in [0, 0.05) is 0 Å². The van der Waals surface area contributed by atoms with Gasteiger partial charge in [-0.25, -0.2) is 0 Å². The summed E-state index contributed by atoms with van der Waals surface area (Å²) >= 11 is 0. The van der Waals surface area contributed by atoms with Gasteiger partial charge in [0.15, 0.2) is 0 Å². The van der Waals surface area contributed by atoms with Crippen LogP contribution in [0.4, 0.5) is 0 Å². The lowest BCUT2D eigenvalue weighted by molar-refractivity contribution is 0.868. The molecule has 0 saturated heterocycles. The van der Waals surface area contributed by atoms with Crippen LogP contribution in [0.2, 0.25) is 0 Å². The maximum Gasteiger partial charge on any atom is 0.113 e. The quantitative estimate of drug-likeness (QED) is 0.554. The summed E-state index contributed by atoms with van der Waals surface area (Å²) in [6.45, 7) is 8.32. The largest absolute Gasteiger partial charge is 0.113 e. The fourth-order valence-electron chi connectivity index (χ4n) is 0.918. The van der Waals surface area contributed by atoms with E-state index in [0.29, 0.717) is 5.92 Å². The Balaban J connectivity index is 0.000000561. The summed E-state index contributed by atoms with van der Waals surface area (Å²) in [4.78, 5) is 0. The fourth-order valence-corrected chi connectivity index (χ4v) is 0.918. The van der Waals surface area contributed by atoms with E-state index in [0.717, 1.165) is 5.46 Å². The lowest BCUT2D eigenvalue weighted by atomic mass is 9.91. The van der Waals surface area contributed by atoms with E-state index in [1.807, 2.05) is 32.0 Å². The van der Waals surface area contributed by atoms with Gasteiger partial charge in [-0.2, -0.15) is 0 Å². The molecule has 0 amide bonds. The molecule has 1 rings (SSSR count). The highest BCUT2D eigenvalue weighted by Gasteiger charge is 1.95. The molecule has 0 aromatic heterocycles. The zero-order valence-electron chi connectivity index (χ0n) is 8.46. The first-order chi connectivity index (χ1) is 5.70. The molecule has 1 aromatic carbocycles. The van der Waals surface area contributed by atoms with Gasteiger partial charge in [-0.1, -0.05) is 57.4 Å². The SMILES string of the molecule is CC.[B]c1cccc(C(C)C)c1. The molecule has 0 spiro atoms. The van der Waals surface area contributed by atoms with Gasteiger partial charge in [0.25, 0.3) is 0 Å². The van der Waals surface area contributed by atoms with Crippen LogP contribution < -0.4 is 5.46 Å². The summed E-state index contributed by atoms with van der Waals surface area (Å²) in [5, 5.41) is 0. The van der Waals surface area contributed by atoms with Gasteiger partial charge >= 0.3 is 0 Å². The van der Waals surface area contributed by atoms with E-state index in [2.05, 4.69) is 19.9 Å². The van der Waals surface area contributed by atoms with Crippen molar-refractivity contribution in [1.29, 1.82) is 0 Å². The number of rotatable bonds is 1. The van der Waals surface area contributed by atoms with Crippen molar-refractivity contribution in [2.24, 2.45) is 0 Å². The standard InChI is InChI=1S/C9H11B.C2H6/c1-7(2)8-4-3-5-9(10)6-8;1-2/h3-7H,1-2H3;1-2H3.